The van der Waals surface area contributed by atoms with E-state index in [4.69, 9.17) is 9.84 Å². The lowest BCUT2D eigenvalue weighted by molar-refractivity contribution is -0.159. The Balaban J connectivity index is 2.17. The van der Waals surface area contributed by atoms with E-state index in [2.05, 4.69) is 12.2 Å². The predicted molar refractivity (Wildman–Crippen MR) is 65.2 cm³/mol. The van der Waals surface area contributed by atoms with Gasteiger partial charge in [-0.15, -0.1) is 0 Å². The van der Waals surface area contributed by atoms with E-state index in [1.165, 1.54) is 0 Å². The van der Waals surface area contributed by atoms with E-state index < -0.39 is 5.60 Å². The van der Waals surface area contributed by atoms with E-state index in [1.807, 2.05) is 20.8 Å². The molecular weight excluding hydrogens is 216 g/mol. The van der Waals surface area contributed by atoms with Crippen molar-refractivity contribution in [3.05, 3.63) is 23.8 Å². The molecule has 94 valence electrons. The molecule has 1 N–H and O–H groups in total. The highest BCUT2D eigenvalue weighted by atomic mass is 16.6. The van der Waals surface area contributed by atoms with Crippen molar-refractivity contribution in [2.45, 2.75) is 32.8 Å². The number of aliphatic hydroxyl groups excluding tert-OH is 1. The van der Waals surface area contributed by atoms with Crippen LogP contribution >= 0.6 is 0 Å². The predicted octanol–water partition coefficient (Wildman–Crippen LogP) is 2.07. The molecule has 3 nitrogen and oxygen atoms in total. The van der Waals surface area contributed by atoms with Crippen molar-refractivity contribution in [3.8, 4) is 0 Å². The van der Waals surface area contributed by atoms with E-state index in [-0.39, 0.29) is 24.4 Å². The fourth-order valence-corrected chi connectivity index (χ4v) is 2.76. The van der Waals surface area contributed by atoms with Crippen LogP contribution in [0.15, 0.2) is 23.8 Å². The third-order valence-corrected chi connectivity index (χ3v) is 3.32. The first-order valence-electron chi connectivity index (χ1n) is 6.14. The monoisotopic (exact) mass is 236 g/mol. The highest BCUT2D eigenvalue weighted by molar-refractivity contribution is 5.78. The molecule has 0 heterocycles. The Hall–Kier alpha value is -1.09. The zero-order valence-corrected chi connectivity index (χ0v) is 10.6. The van der Waals surface area contributed by atoms with E-state index in [9.17, 15) is 4.79 Å². The molecule has 1 fully saturated rings. The largest absolute Gasteiger partial charge is 0.459 e. The number of fused-ring (bicyclic) bond motifs is 2. The Labute approximate surface area is 102 Å². The molecule has 0 spiro atoms. The van der Waals surface area contributed by atoms with Gasteiger partial charge in [0.15, 0.2) is 0 Å². The van der Waals surface area contributed by atoms with Crippen LogP contribution in [0.2, 0.25) is 0 Å². The first-order chi connectivity index (χ1) is 7.92. The molecule has 3 atom stereocenters. The smallest absolute Gasteiger partial charge is 0.314 e. The lowest BCUT2D eigenvalue weighted by atomic mass is 9.88. The van der Waals surface area contributed by atoms with Gasteiger partial charge in [0.1, 0.15) is 5.60 Å². The van der Waals surface area contributed by atoms with Crippen LogP contribution in [0, 0.1) is 17.8 Å². The lowest BCUT2D eigenvalue weighted by Crippen LogP contribution is -2.31. The summed E-state index contributed by atoms with van der Waals surface area (Å²) in [4.78, 5) is 12.2. The molecule has 0 amide bonds. The van der Waals surface area contributed by atoms with E-state index in [0.717, 1.165) is 12.0 Å². The normalized spacial score (nSPS) is 33.4. The third kappa shape index (κ3) is 2.44. The van der Waals surface area contributed by atoms with Crippen LogP contribution in [0.4, 0.5) is 0 Å². The van der Waals surface area contributed by atoms with Gasteiger partial charge in [-0.3, -0.25) is 4.79 Å². The zero-order chi connectivity index (χ0) is 12.6. The SMILES string of the molecule is CC(C)(C)OC(=O)[C@@H]1/C(=C\CO)[C@@H]2C=C[C@H]1C2. The van der Waals surface area contributed by atoms with Crippen LogP contribution < -0.4 is 0 Å². The summed E-state index contributed by atoms with van der Waals surface area (Å²) in [5.41, 5.74) is 0.585. The summed E-state index contributed by atoms with van der Waals surface area (Å²) >= 11 is 0. The maximum absolute atomic E-state index is 12.2. The summed E-state index contributed by atoms with van der Waals surface area (Å²) in [6, 6.07) is 0. The van der Waals surface area contributed by atoms with Gasteiger partial charge in [0.2, 0.25) is 0 Å². The third-order valence-electron chi connectivity index (χ3n) is 3.32. The van der Waals surface area contributed by atoms with E-state index in [1.54, 1.807) is 6.08 Å². The van der Waals surface area contributed by atoms with Crippen molar-refractivity contribution < 1.29 is 14.6 Å². The quantitative estimate of drug-likeness (QED) is 0.589. The number of allylic oxidation sites excluding steroid dienone is 2. The summed E-state index contributed by atoms with van der Waals surface area (Å²) in [7, 11) is 0. The van der Waals surface area contributed by atoms with Crippen LogP contribution in [0.3, 0.4) is 0 Å². The van der Waals surface area contributed by atoms with Gasteiger partial charge in [-0.2, -0.15) is 0 Å². The molecule has 17 heavy (non-hydrogen) atoms. The number of aliphatic hydroxyl groups is 1. The standard InChI is InChI=1S/C14H20O3/c1-14(2,3)17-13(16)12-10-5-4-9(8-10)11(12)6-7-15/h4-6,9-10,12,15H,7-8H2,1-3H3/b11-6-/t9-,10+,12+/m1/s1. The molecule has 0 aliphatic heterocycles. The molecule has 1 saturated carbocycles. The van der Waals surface area contributed by atoms with Crippen LogP contribution in [0.25, 0.3) is 0 Å². The summed E-state index contributed by atoms with van der Waals surface area (Å²) in [5, 5.41) is 9.03. The van der Waals surface area contributed by atoms with Gasteiger partial charge in [-0.25, -0.2) is 0 Å². The number of carbonyl (C=O) groups excluding carboxylic acids is 1. The summed E-state index contributed by atoms with van der Waals surface area (Å²) in [5.74, 6) is 0.239. The molecule has 3 heteroatoms. The van der Waals surface area contributed by atoms with Gasteiger partial charge >= 0.3 is 5.97 Å². The fourth-order valence-electron chi connectivity index (χ4n) is 2.76. The fraction of sp³-hybridized carbons (Fsp3) is 0.643. The van der Waals surface area contributed by atoms with Gasteiger partial charge in [-0.1, -0.05) is 23.8 Å². The van der Waals surface area contributed by atoms with Gasteiger partial charge in [-0.05, 0) is 39.0 Å². The lowest BCUT2D eigenvalue weighted by Gasteiger charge is -2.26. The molecule has 2 aliphatic carbocycles. The summed E-state index contributed by atoms with van der Waals surface area (Å²) in [6.07, 6.45) is 6.99. The Bertz CT molecular complexity index is 373. The van der Waals surface area contributed by atoms with Gasteiger partial charge in [0.05, 0.1) is 12.5 Å². The molecule has 0 aromatic carbocycles. The maximum atomic E-state index is 12.2. The van der Waals surface area contributed by atoms with Gasteiger partial charge < -0.3 is 9.84 Å². The highest BCUT2D eigenvalue weighted by Crippen LogP contribution is 2.48. The van der Waals surface area contributed by atoms with Crippen molar-refractivity contribution in [3.63, 3.8) is 0 Å². The molecule has 0 radical (unpaired) electrons. The number of esters is 1. The zero-order valence-electron chi connectivity index (χ0n) is 10.6. The van der Waals surface area contributed by atoms with Crippen LogP contribution in [0.5, 0.6) is 0 Å². The maximum Gasteiger partial charge on any atom is 0.314 e. The minimum atomic E-state index is -0.451. The molecule has 2 aliphatic rings. The topological polar surface area (TPSA) is 46.5 Å². The number of hydrogen-bond acceptors (Lipinski definition) is 3. The molecule has 0 saturated heterocycles. The van der Waals surface area contributed by atoms with Gasteiger partial charge in [0.25, 0.3) is 0 Å². The molecule has 2 rings (SSSR count). The molecular formula is C14H20O3. The Morgan fingerprint density at radius 3 is 2.82 bits per heavy atom. The van der Waals surface area contributed by atoms with Crippen LogP contribution in [-0.4, -0.2) is 23.3 Å². The van der Waals surface area contributed by atoms with Crippen molar-refractivity contribution in [1.82, 2.24) is 0 Å². The minimum Gasteiger partial charge on any atom is -0.459 e. The van der Waals surface area contributed by atoms with Crippen molar-refractivity contribution in [2.24, 2.45) is 17.8 Å². The molecule has 2 bridgehead atoms. The summed E-state index contributed by atoms with van der Waals surface area (Å²) < 4.78 is 5.46. The summed E-state index contributed by atoms with van der Waals surface area (Å²) in [6.45, 7) is 5.63. The van der Waals surface area contributed by atoms with Crippen molar-refractivity contribution in [2.75, 3.05) is 6.61 Å². The molecule has 0 unspecified atom stereocenters. The number of rotatable bonds is 2. The van der Waals surface area contributed by atoms with E-state index in [0.29, 0.717) is 5.92 Å². The second-order valence-corrected chi connectivity index (χ2v) is 5.79. The average Bonchev–Trinajstić information content (AvgIpc) is 2.75. The second kappa shape index (κ2) is 4.30. The number of ether oxygens (including phenoxy) is 1. The second-order valence-electron chi connectivity index (χ2n) is 5.79. The molecule has 0 aromatic rings. The Morgan fingerprint density at radius 1 is 1.53 bits per heavy atom. The van der Waals surface area contributed by atoms with E-state index >= 15 is 0 Å². The number of carbonyl (C=O) groups is 1. The first kappa shape index (κ1) is 12.4. The van der Waals surface area contributed by atoms with Crippen molar-refractivity contribution in [1.29, 1.82) is 0 Å². The van der Waals surface area contributed by atoms with Crippen LogP contribution in [0.1, 0.15) is 27.2 Å². The van der Waals surface area contributed by atoms with Crippen molar-refractivity contribution >= 4 is 5.97 Å². The highest BCUT2D eigenvalue weighted by Gasteiger charge is 2.45. The minimum absolute atomic E-state index is 0.00824. The Kier molecular flexibility index (Phi) is 3.13. The van der Waals surface area contributed by atoms with Gasteiger partial charge in [0, 0.05) is 0 Å². The molecule has 0 aromatic heterocycles. The number of hydrogen-bond donors (Lipinski definition) is 1. The first-order valence-corrected chi connectivity index (χ1v) is 6.14. The van der Waals surface area contributed by atoms with Crippen LogP contribution in [-0.2, 0) is 9.53 Å². The average molecular weight is 236 g/mol. The Morgan fingerprint density at radius 2 is 2.24 bits per heavy atom.